The number of phenolic OH excluding ortho intramolecular Hbond substituents is 1. The molecule has 3 N–H and O–H groups in total. The van der Waals surface area contributed by atoms with Gasteiger partial charge in [-0.2, -0.15) is 0 Å². The number of carbonyl (C=O) groups excluding carboxylic acids is 4. The summed E-state index contributed by atoms with van der Waals surface area (Å²) < 4.78 is 6.01. The van der Waals surface area contributed by atoms with Crippen molar-refractivity contribution in [2.75, 3.05) is 64.2 Å². The number of aliphatic carboxylic acids is 1. The van der Waals surface area contributed by atoms with Crippen LogP contribution in [0.1, 0.15) is 55.2 Å². The number of nitrogens with zero attached hydrogens (tertiary/aromatic N) is 5. The molecule has 4 heterocycles. The molecule has 0 spiro atoms. The Kier molecular flexibility index (Phi) is 12.1. The van der Waals surface area contributed by atoms with E-state index in [4.69, 9.17) is 17.7 Å². The number of anilines is 1. The summed E-state index contributed by atoms with van der Waals surface area (Å²) >= 11 is 0. The summed E-state index contributed by atoms with van der Waals surface area (Å²) in [6.45, 7) is 6.41. The van der Waals surface area contributed by atoms with Crippen LogP contribution in [0.4, 0.5) is 15.3 Å². The Morgan fingerprint density at radius 3 is 2.21 bits per heavy atom. The molecule has 2 radical (unpaired) electrons. The molecule has 0 unspecified atom stereocenters. The average molecular weight is 729 g/mol. The van der Waals surface area contributed by atoms with Crippen LogP contribution in [0.25, 0.3) is 0 Å². The molecule has 4 aliphatic heterocycles. The molecule has 282 valence electrons. The maximum Gasteiger partial charge on any atom is 0.410 e. The Labute approximate surface area is 311 Å². The molecule has 0 bridgehead atoms. The predicted octanol–water partition coefficient (Wildman–Crippen LogP) is 2.10. The van der Waals surface area contributed by atoms with Crippen molar-refractivity contribution >= 4 is 48.9 Å². The molecule has 1 atom stereocenters. The molecule has 4 aliphatic rings. The van der Waals surface area contributed by atoms with Crippen LogP contribution < -0.4 is 10.8 Å². The molecule has 0 aromatic heterocycles. The summed E-state index contributed by atoms with van der Waals surface area (Å²) in [7, 11) is 6.05. The van der Waals surface area contributed by atoms with E-state index >= 15 is 0 Å². The number of benzene rings is 2. The third-order valence-electron chi connectivity index (χ3n) is 11.1. The van der Waals surface area contributed by atoms with Gasteiger partial charge < -0.3 is 39.9 Å². The van der Waals surface area contributed by atoms with Crippen LogP contribution in [0.3, 0.4) is 0 Å². The quantitative estimate of drug-likeness (QED) is 0.329. The van der Waals surface area contributed by atoms with Gasteiger partial charge in [0.1, 0.15) is 13.6 Å². The fourth-order valence-corrected chi connectivity index (χ4v) is 8.05. The molecule has 3 fully saturated rings. The summed E-state index contributed by atoms with van der Waals surface area (Å²) in [5, 5.41) is 22.2. The first kappa shape index (κ1) is 38.0. The number of piperidine rings is 2. The van der Waals surface area contributed by atoms with E-state index < -0.39 is 18.2 Å². The summed E-state index contributed by atoms with van der Waals surface area (Å²) in [5.74, 6) is -1.43. The molecule has 2 aromatic carbocycles. The number of carbonyl (C=O) groups is 5. The Hall–Kier alpha value is -4.79. The summed E-state index contributed by atoms with van der Waals surface area (Å²) in [6, 6.07) is 11.2. The average Bonchev–Trinajstić information content (AvgIpc) is 3.33. The zero-order valence-corrected chi connectivity index (χ0v) is 30.4. The van der Waals surface area contributed by atoms with Gasteiger partial charge in [-0.3, -0.25) is 19.3 Å². The van der Waals surface area contributed by atoms with Gasteiger partial charge in [-0.05, 0) is 61.8 Å². The van der Waals surface area contributed by atoms with Crippen molar-refractivity contribution in [3.8, 4) is 5.75 Å². The number of aromatic hydroxyl groups is 1. The number of aryl methyl sites for hydroxylation is 1. The van der Waals surface area contributed by atoms with Crippen molar-refractivity contribution in [2.24, 2.45) is 0 Å². The molecule has 0 aliphatic carbocycles. The summed E-state index contributed by atoms with van der Waals surface area (Å²) in [4.78, 5) is 73.4. The first-order valence-corrected chi connectivity index (χ1v) is 18.7. The van der Waals surface area contributed by atoms with Gasteiger partial charge in [0.15, 0.2) is 6.10 Å². The number of fused-ring (bicyclic) bond motifs is 1. The summed E-state index contributed by atoms with van der Waals surface area (Å²) in [6.07, 6.45) is 1.72. The molecule has 2 aromatic rings. The maximum absolute atomic E-state index is 14.1. The zero-order valence-electron chi connectivity index (χ0n) is 30.4. The monoisotopic (exact) mass is 728 g/mol. The zero-order chi connectivity index (χ0) is 37.6. The lowest BCUT2D eigenvalue weighted by atomic mass is 9.89. The molecule has 53 heavy (non-hydrogen) atoms. The normalized spacial score (nSPS) is 19.6. The third-order valence-corrected chi connectivity index (χ3v) is 11.1. The number of carboxylic acid groups (broad SMARTS) is 1. The van der Waals surface area contributed by atoms with Gasteiger partial charge in [0, 0.05) is 89.5 Å². The number of para-hydroxylation sites is 1. The minimum atomic E-state index is -1.11. The van der Waals surface area contributed by atoms with Gasteiger partial charge in [0.2, 0.25) is 5.91 Å². The lowest BCUT2D eigenvalue weighted by Gasteiger charge is -2.43. The number of urea groups is 1. The molecule has 14 nitrogen and oxygen atoms in total. The molecule has 0 saturated carbocycles. The second kappa shape index (κ2) is 16.9. The van der Waals surface area contributed by atoms with Gasteiger partial charge in [0.05, 0.1) is 6.42 Å². The lowest BCUT2D eigenvalue weighted by Crippen LogP contribution is -2.57. The second-order valence-electron chi connectivity index (χ2n) is 14.5. The highest BCUT2D eigenvalue weighted by Gasteiger charge is 2.37. The fourth-order valence-electron chi connectivity index (χ4n) is 8.05. The Morgan fingerprint density at radius 2 is 1.53 bits per heavy atom. The number of piperazine rings is 1. The predicted molar refractivity (Wildman–Crippen MR) is 197 cm³/mol. The highest BCUT2D eigenvalue weighted by molar-refractivity contribution is 6.34. The largest absolute Gasteiger partial charge is 0.508 e. The first-order valence-electron chi connectivity index (χ1n) is 18.7. The molecule has 5 amide bonds. The van der Waals surface area contributed by atoms with Crippen LogP contribution in [0.15, 0.2) is 36.4 Å². The van der Waals surface area contributed by atoms with Crippen LogP contribution in [-0.2, 0) is 32.0 Å². The minimum Gasteiger partial charge on any atom is -0.508 e. The van der Waals surface area contributed by atoms with Crippen molar-refractivity contribution in [3.63, 3.8) is 0 Å². The standard InChI is InChI=1S/C38H49BN6O8/c1-25-22-26(23-30(39)35(25)49)24-32(36(50)43-20-18-41(19-21-43)28-9-13-42(14-10-28)33(46)6-7-34(47)48)53-38(52)44-15-11-29(12-16-44)45-17-8-27-4-2-3-5-31(27)40-37(45)51/h2-5,22-23,28-29,32,49H,6-21,24H2,1H3,(H,40,51)(H,47,48)/t32-/m1/s1. The van der Waals surface area contributed by atoms with E-state index in [-0.39, 0.29) is 60.4 Å². The van der Waals surface area contributed by atoms with Crippen molar-refractivity contribution < 1.29 is 38.9 Å². The summed E-state index contributed by atoms with van der Waals surface area (Å²) in [5.41, 5.74) is 3.33. The smallest absolute Gasteiger partial charge is 0.410 e. The molecule has 3 saturated heterocycles. The van der Waals surface area contributed by atoms with E-state index in [0.717, 1.165) is 30.5 Å². The number of phenols is 1. The Morgan fingerprint density at radius 1 is 0.868 bits per heavy atom. The molecular formula is C38H49BN6O8. The van der Waals surface area contributed by atoms with E-state index in [9.17, 15) is 29.1 Å². The van der Waals surface area contributed by atoms with Crippen molar-refractivity contribution in [3.05, 3.63) is 53.1 Å². The molecule has 15 heteroatoms. The number of ether oxygens (including phenoxy) is 1. The SMILES string of the molecule is [B]c1cc(C[C@@H](OC(=O)N2CCC(N3CCc4ccccc4NC3=O)CC2)C(=O)N2CCN(C3CCN(C(=O)CCC(=O)O)CC3)CC2)cc(C)c1O. The van der Waals surface area contributed by atoms with Crippen LogP contribution in [0, 0.1) is 6.92 Å². The second-order valence-corrected chi connectivity index (χ2v) is 14.5. The number of nitrogens with one attached hydrogen (secondary N) is 1. The van der Waals surface area contributed by atoms with Gasteiger partial charge in [-0.25, -0.2) is 9.59 Å². The third kappa shape index (κ3) is 9.24. The van der Waals surface area contributed by atoms with E-state index in [1.54, 1.807) is 33.8 Å². The number of hydrogen-bond acceptors (Lipinski definition) is 8. The van der Waals surface area contributed by atoms with E-state index in [2.05, 4.69) is 10.2 Å². The van der Waals surface area contributed by atoms with Crippen LogP contribution in [-0.4, -0.2) is 150 Å². The lowest BCUT2D eigenvalue weighted by molar-refractivity contribution is -0.143. The van der Waals surface area contributed by atoms with Crippen LogP contribution >= 0.6 is 0 Å². The van der Waals surface area contributed by atoms with Crippen molar-refractivity contribution in [1.29, 1.82) is 0 Å². The van der Waals surface area contributed by atoms with E-state index in [1.807, 2.05) is 29.2 Å². The first-order chi connectivity index (χ1) is 25.5. The van der Waals surface area contributed by atoms with Gasteiger partial charge in [-0.15, -0.1) is 0 Å². The number of carboxylic acids is 1. The van der Waals surface area contributed by atoms with E-state index in [0.29, 0.717) is 82.9 Å². The van der Waals surface area contributed by atoms with Gasteiger partial charge >= 0.3 is 18.1 Å². The Bertz CT molecular complexity index is 1660. The van der Waals surface area contributed by atoms with Crippen LogP contribution in [0.2, 0.25) is 0 Å². The fraction of sp³-hybridized carbons (Fsp3) is 0.553. The Balaban J connectivity index is 1.04. The van der Waals surface area contributed by atoms with E-state index in [1.165, 1.54) is 0 Å². The minimum absolute atomic E-state index is 0.00802. The van der Waals surface area contributed by atoms with Crippen LogP contribution in [0.5, 0.6) is 5.75 Å². The van der Waals surface area contributed by atoms with Crippen molar-refractivity contribution in [2.45, 2.75) is 76.5 Å². The van der Waals surface area contributed by atoms with Gasteiger partial charge in [-0.1, -0.05) is 35.8 Å². The topological polar surface area (TPSA) is 163 Å². The van der Waals surface area contributed by atoms with Gasteiger partial charge in [0.25, 0.3) is 5.91 Å². The number of rotatable bonds is 9. The number of amides is 5. The highest BCUT2D eigenvalue weighted by atomic mass is 16.6. The number of likely N-dealkylation sites (tertiary alicyclic amines) is 2. The highest BCUT2D eigenvalue weighted by Crippen LogP contribution is 2.26. The van der Waals surface area contributed by atoms with Crippen molar-refractivity contribution in [1.82, 2.24) is 24.5 Å². The number of hydrogen-bond donors (Lipinski definition) is 3. The molecular weight excluding hydrogens is 679 g/mol. The molecule has 6 rings (SSSR count). The maximum atomic E-state index is 14.1.